The van der Waals surface area contributed by atoms with E-state index in [1.165, 1.54) is 0 Å². The van der Waals surface area contributed by atoms with E-state index in [-0.39, 0.29) is 5.95 Å². The smallest absolute Gasteiger partial charge is 0.233 e. The summed E-state index contributed by atoms with van der Waals surface area (Å²) < 4.78 is 1.91. The highest BCUT2D eigenvalue weighted by atomic mass is 79.9. The van der Waals surface area contributed by atoms with Crippen molar-refractivity contribution in [2.45, 2.75) is 0 Å². The number of hydrogen-bond donors (Lipinski definition) is 3. The molecule has 23 heavy (non-hydrogen) atoms. The Morgan fingerprint density at radius 1 is 0.739 bits per heavy atom. The van der Waals surface area contributed by atoms with E-state index in [1.807, 2.05) is 48.5 Å². The molecule has 6 nitrogen and oxygen atoms in total. The van der Waals surface area contributed by atoms with Crippen molar-refractivity contribution in [2.24, 2.45) is 0 Å². The topological polar surface area (TPSA) is 88.8 Å². The molecule has 3 rings (SSSR count). The molecule has 0 atom stereocenters. The van der Waals surface area contributed by atoms with Crippen molar-refractivity contribution in [3.63, 3.8) is 0 Å². The molecule has 0 amide bonds. The third-order valence-corrected chi connectivity index (χ3v) is 3.80. The van der Waals surface area contributed by atoms with Crippen LogP contribution in [0.3, 0.4) is 0 Å². The molecule has 8 heteroatoms. The van der Waals surface area contributed by atoms with E-state index in [1.54, 1.807) is 0 Å². The van der Waals surface area contributed by atoms with Crippen LogP contribution in [0.15, 0.2) is 57.5 Å². The number of nitrogen functional groups attached to an aromatic ring is 1. The normalized spacial score (nSPS) is 10.3. The van der Waals surface area contributed by atoms with E-state index < -0.39 is 0 Å². The SMILES string of the molecule is Nc1nc(Nc2cccc(Br)c2)nc(Nc2cccc(Br)c2)n1. The average Bonchev–Trinajstić information content (AvgIpc) is 2.46. The molecule has 0 aliphatic heterocycles. The molecule has 1 aromatic heterocycles. The average molecular weight is 436 g/mol. The van der Waals surface area contributed by atoms with Crippen LogP contribution in [0.1, 0.15) is 0 Å². The van der Waals surface area contributed by atoms with Gasteiger partial charge < -0.3 is 16.4 Å². The minimum absolute atomic E-state index is 0.134. The van der Waals surface area contributed by atoms with Crippen LogP contribution in [-0.4, -0.2) is 15.0 Å². The second-order valence-electron chi connectivity index (χ2n) is 4.61. The fraction of sp³-hybridized carbons (Fsp3) is 0. The first-order valence-corrected chi connectivity index (χ1v) is 8.24. The highest BCUT2D eigenvalue weighted by Crippen LogP contribution is 2.21. The number of anilines is 5. The summed E-state index contributed by atoms with van der Waals surface area (Å²) >= 11 is 6.84. The van der Waals surface area contributed by atoms with E-state index in [4.69, 9.17) is 5.73 Å². The van der Waals surface area contributed by atoms with Gasteiger partial charge in [-0.1, -0.05) is 44.0 Å². The van der Waals surface area contributed by atoms with Gasteiger partial charge in [0.15, 0.2) is 0 Å². The second-order valence-corrected chi connectivity index (χ2v) is 6.44. The number of halogens is 2. The molecule has 0 radical (unpaired) electrons. The Hall–Kier alpha value is -2.19. The van der Waals surface area contributed by atoms with Crippen LogP contribution in [0.25, 0.3) is 0 Å². The van der Waals surface area contributed by atoms with Gasteiger partial charge in [-0.05, 0) is 36.4 Å². The highest BCUT2D eigenvalue weighted by Gasteiger charge is 2.06. The maximum atomic E-state index is 5.77. The number of aromatic nitrogens is 3. The predicted octanol–water partition coefficient (Wildman–Crippen LogP) is 4.47. The van der Waals surface area contributed by atoms with Crippen LogP contribution in [0.2, 0.25) is 0 Å². The van der Waals surface area contributed by atoms with Gasteiger partial charge >= 0.3 is 0 Å². The monoisotopic (exact) mass is 434 g/mol. The van der Waals surface area contributed by atoms with Crippen LogP contribution < -0.4 is 16.4 Å². The highest BCUT2D eigenvalue weighted by molar-refractivity contribution is 9.10. The number of nitrogens with one attached hydrogen (secondary N) is 2. The van der Waals surface area contributed by atoms with Crippen LogP contribution in [-0.2, 0) is 0 Å². The van der Waals surface area contributed by atoms with E-state index in [0.29, 0.717) is 11.9 Å². The van der Waals surface area contributed by atoms with Gasteiger partial charge in [0, 0.05) is 20.3 Å². The van der Waals surface area contributed by atoms with E-state index >= 15 is 0 Å². The molecule has 0 saturated heterocycles. The van der Waals surface area contributed by atoms with Crippen LogP contribution in [0.5, 0.6) is 0 Å². The molecule has 3 aromatic rings. The predicted molar refractivity (Wildman–Crippen MR) is 99.1 cm³/mol. The molecule has 116 valence electrons. The molecule has 2 aromatic carbocycles. The third-order valence-electron chi connectivity index (χ3n) is 2.81. The van der Waals surface area contributed by atoms with Crippen molar-refractivity contribution in [3.8, 4) is 0 Å². The fourth-order valence-electron chi connectivity index (χ4n) is 1.89. The molecule has 0 spiro atoms. The quantitative estimate of drug-likeness (QED) is 0.560. The lowest BCUT2D eigenvalue weighted by molar-refractivity contribution is 1.07. The van der Waals surface area contributed by atoms with Gasteiger partial charge in [-0.2, -0.15) is 15.0 Å². The largest absolute Gasteiger partial charge is 0.368 e. The van der Waals surface area contributed by atoms with Gasteiger partial charge in [0.05, 0.1) is 0 Å². The summed E-state index contributed by atoms with van der Waals surface area (Å²) in [7, 11) is 0. The van der Waals surface area contributed by atoms with E-state index in [9.17, 15) is 0 Å². The summed E-state index contributed by atoms with van der Waals surface area (Å²) in [4.78, 5) is 12.5. The molecule has 0 unspecified atom stereocenters. The lowest BCUT2D eigenvalue weighted by Gasteiger charge is -2.09. The molecule has 0 fully saturated rings. The molecule has 4 N–H and O–H groups in total. The lowest BCUT2D eigenvalue weighted by atomic mass is 10.3. The van der Waals surface area contributed by atoms with Crippen molar-refractivity contribution >= 4 is 61.1 Å². The Kier molecular flexibility index (Phi) is 4.73. The van der Waals surface area contributed by atoms with Gasteiger partial charge in [-0.15, -0.1) is 0 Å². The first kappa shape index (κ1) is 15.7. The summed E-state index contributed by atoms with van der Waals surface area (Å²) in [6.45, 7) is 0. The Morgan fingerprint density at radius 3 is 1.65 bits per heavy atom. The summed E-state index contributed by atoms with van der Waals surface area (Å²) in [5.74, 6) is 0.871. The molecular formula is C15H12Br2N6. The summed E-state index contributed by atoms with van der Waals surface area (Å²) in [6, 6.07) is 15.4. The number of rotatable bonds is 4. The first-order chi connectivity index (χ1) is 11.1. The van der Waals surface area contributed by atoms with Crippen LogP contribution in [0.4, 0.5) is 29.2 Å². The number of benzene rings is 2. The Bertz CT molecular complexity index is 774. The molecular weight excluding hydrogens is 424 g/mol. The van der Waals surface area contributed by atoms with E-state index in [2.05, 4.69) is 57.4 Å². The summed E-state index contributed by atoms with van der Waals surface area (Å²) in [5.41, 5.74) is 7.46. The number of nitrogens with two attached hydrogens (primary N) is 1. The van der Waals surface area contributed by atoms with Gasteiger partial charge in [-0.3, -0.25) is 0 Å². The van der Waals surface area contributed by atoms with Gasteiger partial charge in [-0.25, -0.2) is 0 Å². The van der Waals surface area contributed by atoms with Gasteiger partial charge in [0.25, 0.3) is 0 Å². The van der Waals surface area contributed by atoms with Gasteiger partial charge in [0.1, 0.15) is 0 Å². The summed E-state index contributed by atoms with van der Waals surface area (Å²) in [5, 5.41) is 6.20. The molecule has 0 aliphatic rings. The maximum absolute atomic E-state index is 5.77. The number of hydrogen-bond acceptors (Lipinski definition) is 6. The van der Waals surface area contributed by atoms with Crippen molar-refractivity contribution in [3.05, 3.63) is 57.5 Å². The minimum Gasteiger partial charge on any atom is -0.368 e. The lowest BCUT2D eigenvalue weighted by Crippen LogP contribution is -2.06. The zero-order valence-corrected chi connectivity index (χ0v) is 15.0. The fourth-order valence-corrected chi connectivity index (χ4v) is 2.69. The molecule has 0 aliphatic carbocycles. The zero-order valence-electron chi connectivity index (χ0n) is 11.8. The molecule has 1 heterocycles. The Balaban J connectivity index is 1.84. The van der Waals surface area contributed by atoms with Crippen molar-refractivity contribution in [2.75, 3.05) is 16.4 Å². The van der Waals surface area contributed by atoms with E-state index in [0.717, 1.165) is 20.3 Å². The van der Waals surface area contributed by atoms with Crippen molar-refractivity contribution in [1.29, 1.82) is 0 Å². The molecule has 0 saturated carbocycles. The minimum atomic E-state index is 0.134. The summed E-state index contributed by atoms with van der Waals surface area (Å²) in [6.07, 6.45) is 0. The maximum Gasteiger partial charge on any atom is 0.233 e. The third kappa shape index (κ3) is 4.40. The number of nitrogens with zero attached hydrogens (tertiary/aromatic N) is 3. The standard InChI is InChI=1S/C15H12Br2N6/c16-9-3-1-5-11(7-9)19-14-21-13(18)22-15(23-14)20-12-6-2-4-10(17)8-12/h1-8H,(H4,18,19,20,21,22,23). The first-order valence-electron chi connectivity index (χ1n) is 6.65. The molecule has 0 bridgehead atoms. The van der Waals surface area contributed by atoms with Gasteiger partial charge in [0.2, 0.25) is 17.8 Å². The van der Waals surface area contributed by atoms with Crippen LogP contribution >= 0.6 is 31.9 Å². The Morgan fingerprint density at radius 2 is 1.22 bits per heavy atom. The van der Waals surface area contributed by atoms with Crippen LogP contribution in [0, 0.1) is 0 Å². The Labute approximate surface area is 149 Å². The second kappa shape index (κ2) is 6.93. The van der Waals surface area contributed by atoms with Crippen molar-refractivity contribution < 1.29 is 0 Å². The zero-order chi connectivity index (χ0) is 16.2. The van der Waals surface area contributed by atoms with Crippen molar-refractivity contribution in [1.82, 2.24) is 15.0 Å².